The molecule has 1 aromatic heterocycles. The molecule has 4 heteroatoms. The van der Waals surface area contributed by atoms with Crippen LogP contribution in [0, 0.1) is 0 Å². The van der Waals surface area contributed by atoms with Gasteiger partial charge in [0.1, 0.15) is 12.4 Å². The van der Waals surface area contributed by atoms with Gasteiger partial charge >= 0.3 is 0 Å². The van der Waals surface area contributed by atoms with E-state index in [0.717, 1.165) is 17.7 Å². The predicted octanol–water partition coefficient (Wildman–Crippen LogP) is 5.10. The fourth-order valence-electron chi connectivity index (χ4n) is 3.15. The Balaban J connectivity index is 1.56. The number of unbranched alkanes of at least 4 members (excludes halogenated alkanes) is 4. The van der Waals surface area contributed by atoms with E-state index in [1.807, 2.05) is 42.5 Å². The van der Waals surface area contributed by atoms with Crippen LogP contribution in [0.15, 0.2) is 60.0 Å². The summed E-state index contributed by atoms with van der Waals surface area (Å²) in [5.74, 6) is 0.437. The first-order valence-electron chi connectivity index (χ1n) is 9.84. The van der Waals surface area contributed by atoms with Crippen molar-refractivity contribution in [3.63, 3.8) is 0 Å². The number of hydrogen-bond acceptors (Lipinski definition) is 2. The third kappa shape index (κ3) is 5.88. The lowest BCUT2D eigenvalue weighted by Gasteiger charge is -2.08. The van der Waals surface area contributed by atoms with E-state index in [9.17, 15) is 4.79 Å². The SMILES string of the molecule is CCCCCCCc1ccc(/C=C2\NC(=O)C=C2OCc2ccccc2)[nH]1. The number of rotatable bonds is 10. The van der Waals surface area contributed by atoms with E-state index in [2.05, 4.69) is 23.3 Å². The molecule has 27 heavy (non-hydrogen) atoms. The van der Waals surface area contributed by atoms with Crippen LogP contribution in [0.2, 0.25) is 0 Å². The zero-order valence-electron chi connectivity index (χ0n) is 16.0. The molecule has 2 heterocycles. The molecule has 1 aromatic carbocycles. The molecule has 1 aliphatic rings. The van der Waals surface area contributed by atoms with Gasteiger partial charge < -0.3 is 15.0 Å². The second kappa shape index (κ2) is 9.81. The number of H-pyrrole nitrogens is 1. The maximum Gasteiger partial charge on any atom is 0.252 e. The van der Waals surface area contributed by atoms with Crippen LogP contribution in [-0.4, -0.2) is 10.9 Å². The number of ether oxygens (including phenoxy) is 1. The largest absolute Gasteiger partial charge is 0.487 e. The molecular weight excluding hydrogens is 336 g/mol. The van der Waals surface area contributed by atoms with Crippen molar-refractivity contribution in [2.75, 3.05) is 0 Å². The first-order valence-corrected chi connectivity index (χ1v) is 9.84. The van der Waals surface area contributed by atoms with Crippen molar-refractivity contribution in [2.45, 2.75) is 52.1 Å². The Morgan fingerprint density at radius 3 is 2.63 bits per heavy atom. The summed E-state index contributed by atoms with van der Waals surface area (Å²) >= 11 is 0. The molecule has 0 saturated carbocycles. The number of hydrogen-bond donors (Lipinski definition) is 2. The molecule has 0 atom stereocenters. The Morgan fingerprint density at radius 1 is 1.00 bits per heavy atom. The van der Waals surface area contributed by atoms with Crippen LogP contribution in [0.3, 0.4) is 0 Å². The highest BCUT2D eigenvalue weighted by atomic mass is 16.5. The highest BCUT2D eigenvalue weighted by Gasteiger charge is 2.19. The normalized spacial score (nSPS) is 15.1. The second-order valence-corrected chi connectivity index (χ2v) is 6.93. The van der Waals surface area contributed by atoms with E-state index in [-0.39, 0.29) is 5.91 Å². The standard InChI is InChI=1S/C23H28N2O2/c1-2-3-4-5-9-12-19-13-14-20(24-19)15-21-22(16-23(26)25-21)27-17-18-10-7-6-8-11-18/h6-8,10-11,13-16,24H,2-5,9,12,17H2,1H3,(H,25,26)/b21-15-. The molecule has 3 rings (SSSR count). The summed E-state index contributed by atoms with van der Waals surface area (Å²) in [7, 11) is 0. The minimum Gasteiger partial charge on any atom is -0.487 e. The first kappa shape index (κ1) is 19.0. The molecule has 0 radical (unpaired) electrons. The second-order valence-electron chi connectivity index (χ2n) is 6.93. The van der Waals surface area contributed by atoms with Crippen molar-refractivity contribution >= 4 is 12.0 Å². The Bertz CT molecular complexity index is 803. The summed E-state index contributed by atoms with van der Waals surface area (Å²) in [5.41, 5.74) is 3.98. The molecule has 0 spiro atoms. The van der Waals surface area contributed by atoms with E-state index in [0.29, 0.717) is 18.1 Å². The Kier molecular flexibility index (Phi) is 6.91. The van der Waals surface area contributed by atoms with Gasteiger partial charge in [0.2, 0.25) is 0 Å². The zero-order chi connectivity index (χ0) is 18.9. The predicted molar refractivity (Wildman–Crippen MR) is 109 cm³/mol. The van der Waals surface area contributed by atoms with Gasteiger partial charge in [-0.25, -0.2) is 0 Å². The third-order valence-electron chi connectivity index (χ3n) is 4.64. The van der Waals surface area contributed by atoms with Gasteiger partial charge in [-0.1, -0.05) is 62.9 Å². The molecule has 2 aromatic rings. The molecular formula is C23H28N2O2. The molecule has 2 N–H and O–H groups in total. The van der Waals surface area contributed by atoms with Gasteiger partial charge in [-0.05, 0) is 36.6 Å². The number of carbonyl (C=O) groups is 1. The van der Waals surface area contributed by atoms with Crippen LogP contribution in [0.5, 0.6) is 0 Å². The molecule has 0 fully saturated rings. The number of amides is 1. The first-order chi connectivity index (χ1) is 13.2. The number of benzene rings is 1. The summed E-state index contributed by atoms with van der Waals surface area (Å²) in [6.07, 6.45) is 10.9. The van der Waals surface area contributed by atoms with E-state index in [4.69, 9.17) is 4.74 Å². The van der Waals surface area contributed by atoms with E-state index < -0.39 is 0 Å². The lowest BCUT2D eigenvalue weighted by molar-refractivity contribution is -0.115. The summed E-state index contributed by atoms with van der Waals surface area (Å²) in [4.78, 5) is 15.2. The van der Waals surface area contributed by atoms with Crippen molar-refractivity contribution in [1.82, 2.24) is 10.3 Å². The molecule has 1 amide bonds. The van der Waals surface area contributed by atoms with E-state index in [1.54, 1.807) is 0 Å². The van der Waals surface area contributed by atoms with E-state index >= 15 is 0 Å². The zero-order valence-corrected chi connectivity index (χ0v) is 16.0. The van der Waals surface area contributed by atoms with Crippen molar-refractivity contribution < 1.29 is 9.53 Å². The quantitative estimate of drug-likeness (QED) is 0.576. The number of aromatic nitrogens is 1. The van der Waals surface area contributed by atoms with Crippen LogP contribution >= 0.6 is 0 Å². The van der Waals surface area contributed by atoms with Crippen molar-refractivity contribution in [1.29, 1.82) is 0 Å². The number of aryl methyl sites for hydroxylation is 1. The Labute approximate surface area is 161 Å². The van der Waals surface area contributed by atoms with Crippen LogP contribution in [-0.2, 0) is 22.6 Å². The van der Waals surface area contributed by atoms with E-state index in [1.165, 1.54) is 43.9 Å². The van der Waals surface area contributed by atoms with Gasteiger partial charge in [0, 0.05) is 17.5 Å². The molecule has 0 aliphatic carbocycles. The third-order valence-corrected chi connectivity index (χ3v) is 4.64. The van der Waals surface area contributed by atoms with Crippen molar-refractivity contribution in [3.05, 3.63) is 76.9 Å². The highest BCUT2D eigenvalue weighted by molar-refractivity contribution is 5.95. The Hall–Kier alpha value is -2.75. The molecule has 4 nitrogen and oxygen atoms in total. The summed E-state index contributed by atoms with van der Waals surface area (Å²) < 4.78 is 5.85. The number of nitrogens with one attached hydrogen (secondary N) is 2. The summed E-state index contributed by atoms with van der Waals surface area (Å²) in [6, 6.07) is 14.1. The number of carbonyl (C=O) groups excluding carboxylic acids is 1. The minimum atomic E-state index is -0.146. The lowest BCUT2D eigenvalue weighted by atomic mass is 10.1. The van der Waals surface area contributed by atoms with Crippen LogP contribution in [0.4, 0.5) is 0 Å². The summed E-state index contributed by atoms with van der Waals surface area (Å²) in [6.45, 7) is 2.67. The van der Waals surface area contributed by atoms with Gasteiger partial charge in [0.15, 0.2) is 0 Å². The molecule has 0 saturated heterocycles. The van der Waals surface area contributed by atoms with Crippen LogP contribution in [0.25, 0.3) is 6.08 Å². The van der Waals surface area contributed by atoms with Gasteiger partial charge in [-0.2, -0.15) is 0 Å². The fourth-order valence-corrected chi connectivity index (χ4v) is 3.15. The van der Waals surface area contributed by atoms with Gasteiger partial charge in [-0.15, -0.1) is 0 Å². The maximum absolute atomic E-state index is 11.8. The van der Waals surface area contributed by atoms with Crippen LogP contribution < -0.4 is 5.32 Å². The van der Waals surface area contributed by atoms with Crippen molar-refractivity contribution in [2.24, 2.45) is 0 Å². The monoisotopic (exact) mass is 364 g/mol. The Morgan fingerprint density at radius 2 is 1.81 bits per heavy atom. The van der Waals surface area contributed by atoms with Gasteiger partial charge in [0.05, 0.1) is 5.70 Å². The fraction of sp³-hybridized carbons (Fsp3) is 0.348. The lowest BCUT2D eigenvalue weighted by Crippen LogP contribution is -2.14. The van der Waals surface area contributed by atoms with Gasteiger partial charge in [0.25, 0.3) is 5.91 Å². The molecule has 0 unspecified atom stereocenters. The smallest absolute Gasteiger partial charge is 0.252 e. The molecule has 142 valence electrons. The number of aromatic amines is 1. The topological polar surface area (TPSA) is 54.1 Å². The van der Waals surface area contributed by atoms with Crippen molar-refractivity contribution in [3.8, 4) is 0 Å². The highest BCUT2D eigenvalue weighted by Crippen LogP contribution is 2.20. The average Bonchev–Trinajstić information content (AvgIpc) is 3.27. The summed E-state index contributed by atoms with van der Waals surface area (Å²) in [5, 5.41) is 2.85. The minimum absolute atomic E-state index is 0.146. The molecule has 1 aliphatic heterocycles. The average molecular weight is 364 g/mol. The molecule has 0 bridgehead atoms. The van der Waals surface area contributed by atoms with Gasteiger partial charge in [-0.3, -0.25) is 4.79 Å². The van der Waals surface area contributed by atoms with Crippen LogP contribution in [0.1, 0.15) is 56.0 Å². The maximum atomic E-state index is 11.8.